The van der Waals surface area contributed by atoms with Gasteiger partial charge in [-0.1, -0.05) is 24.3 Å². The first-order valence-corrected chi connectivity index (χ1v) is 7.75. The van der Waals surface area contributed by atoms with Gasteiger partial charge < -0.3 is 10.1 Å². The standard InChI is InChI=1S/C13H16BrN3OS/c1-3-6-15-13-17-16-12(19-13)8-18-11-5-4-9(2)7-10(11)14/h4-5,7H,3,6,8H2,1-2H3,(H,15,17). The van der Waals surface area contributed by atoms with Crippen molar-refractivity contribution in [2.24, 2.45) is 0 Å². The van der Waals surface area contributed by atoms with Crippen LogP contribution in [0.1, 0.15) is 23.9 Å². The topological polar surface area (TPSA) is 47.0 Å². The maximum absolute atomic E-state index is 5.73. The highest BCUT2D eigenvalue weighted by molar-refractivity contribution is 9.10. The van der Waals surface area contributed by atoms with Crippen LogP contribution >= 0.6 is 27.3 Å². The lowest BCUT2D eigenvalue weighted by atomic mass is 10.2. The minimum Gasteiger partial charge on any atom is -0.485 e. The summed E-state index contributed by atoms with van der Waals surface area (Å²) >= 11 is 5.02. The van der Waals surface area contributed by atoms with Gasteiger partial charge in [-0.3, -0.25) is 0 Å². The predicted molar refractivity (Wildman–Crippen MR) is 81.9 cm³/mol. The van der Waals surface area contributed by atoms with Crippen LogP contribution in [0.5, 0.6) is 5.75 Å². The molecule has 0 bridgehead atoms. The smallest absolute Gasteiger partial charge is 0.205 e. The molecule has 0 fully saturated rings. The lowest BCUT2D eigenvalue weighted by Gasteiger charge is -2.06. The van der Waals surface area contributed by atoms with Gasteiger partial charge in [0.25, 0.3) is 0 Å². The molecule has 4 nitrogen and oxygen atoms in total. The molecular formula is C13H16BrN3OS. The van der Waals surface area contributed by atoms with Crippen molar-refractivity contribution in [1.29, 1.82) is 0 Å². The van der Waals surface area contributed by atoms with Crippen molar-refractivity contribution in [3.63, 3.8) is 0 Å². The quantitative estimate of drug-likeness (QED) is 0.862. The second-order valence-electron chi connectivity index (χ2n) is 4.15. The highest BCUT2D eigenvalue weighted by Crippen LogP contribution is 2.27. The molecule has 102 valence electrons. The van der Waals surface area contributed by atoms with Crippen molar-refractivity contribution >= 4 is 32.4 Å². The number of rotatable bonds is 6. The molecule has 0 aliphatic carbocycles. The Hall–Kier alpha value is -1.14. The largest absolute Gasteiger partial charge is 0.485 e. The molecule has 1 N–H and O–H groups in total. The molecule has 0 spiro atoms. The third kappa shape index (κ3) is 4.18. The first kappa shape index (κ1) is 14.3. The third-order valence-electron chi connectivity index (χ3n) is 2.43. The van der Waals surface area contributed by atoms with Crippen molar-refractivity contribution < 1.29 is 4.74 Å². The minimum atomic E-state index is 0.438. The number of hydrogen-bond acceptors (Lipinski definition) is 5. The van der Waals surface area contributed by atoms with E-state index in [2.05, 4.69) is 38.4 Å². The second kappa shape index (κ2) is 6.86. The van der Waals surface area contributed by atoms with Crippen LogP contribution in [0.25, 0.3) is 0 Å². The molecule has 0 saturated heterocycles. The Labute approximate surface area is 125 Å². The Morgan fingerprint density at radius 2 is 2.21 bits per heavy atom. The van der Waals surface area contributed by atoms with E-state index in [9.17, 15) is 0 Å². The van der Waals surface area contributed by atoms with E-state index in [-0.39, 0.29) is 0 Å². The van der Waals surface area contributed by atoms with E-state index in [4.69, 9.17) is 4.74 Å². The molecule has 0 aliphatic heterocycles. The Morgan fingerprint density at radius 1 is 1.37 bits per heavy atom. The zero-order valence-electron chi connectivity index (χ0n) is 10.9. The average molecular weight is 342 g/mol. The lowest BCUT2D eigenvalue weighted by Crippen LogP contribution is -1.98. The Morgan fingerprint density at radius 3 is 2.95 bits per heavy atom. The highest BCUT2D eigenvalue weighted by atomic mass is 79.9. The van der Waals surface area contributed by atoms with E-state index in [0.717, 1.165) is 33.3 Å². The van der Waals surface area contributed by atoms with Crippen LogP contribution in [0.2, 0.25) is 0 Å². The molecule has 19 heavy (non-hydrogen) atoms. The van der Waals surface area contributed by atoms with Crippen LogP contribution in [0.4, 0.5) is 5.13 Å². The molecule has 0 amide bonds. The fourth-order valence-electron chi connectivity index (χ4n) is 1.48. The monoisotopic (exact) mass is 341 g/mol. The Kier molecular flexibility index (Phi) is 5.15. The number of nitrogens with one attached hydrogen (secondary N) is 1. The van der Waals surface area contributed by atoms with Crippen molar-refractivity contribution in [3.8, 4) is 5.75 Å². The minimum absolute atomic E-state index is 0.438. The van der Waals surface area contributed by atoms with E-state index < -0.39 is 0 Å². The molecule has 0 aliphatic rings. The van der Waals surface area contributed by atoms with Gasteiger partial charge in [0, 0.05) is 6.54 Å². The molecule has 1 aromatic heterocycles. The molecule has 0 atom stereocenters. The van der Waals surface area contributed by atoms with Crippen molar-refractivity contribution in [2.75, 3.05) is 11.9 Å². The highest BCUT2D eigenvalue weighted by Gasteiger charge is 2.06. The van der Waals surface area contributed by atoms with Crippen LogP contribution < -0.4 is 10.1 Å². The summed E-state index contributed by atoms with van der Waals surface area (Å²) in [7, 11) is 0. The van der Waals surface area contributed by atoms with E-state index >= 15 is 0 Å². The fourth-order valence-corrected chi connectivity index (χ4v) is 2.76. The van der Waals surface area contributed by atoms with Gasteiger partial charge >= 0.3 is 0 Å². The van der Waals surface area contributed by atoms with Gasteiger partial charge in [-0.25, -0.2) is 0 Å². The van der Waals surface area contributed by atoms with Gasteiger partial charge in [0.1, 0.15) is 12.4 Å². The summed E-state index contributed by atoms with van der Waals surface area (Å²) in [5.74, 6) is 0.823. The maximum atomic E-state index is 5.73. The van der Waals surface area contributed by atoms with Crippen LogP contribution in [0.3, 0.4) is 0 Å². The lowest BCUT2D eigenvalue weighted by molar-refractivity contribution is 0.302. The number of aromatic nitrogens is 2. The zero-order chi connectivity index (χ0) is 13.7. The first-order chi connectivity index (χ1) is 9.19. The fraction of sp³-hybridized carbons (Fsp3) is 0.385. The summed E-state index contributed by atoms with van der Waals surface area (Å²) in [6.45, 7) is 5.52. The number of anilines is 1. The van der Waals surface area contributed by atoms with Crippen LogP contribution in [0, 0.1) is 6.92 Å². The third-order valence-corrected chi connectivity index (χ3v) is 3.91. The van der Waals surface area contributed by atoms with E-state index in [0.29, 0.717) is 6.61 Å². The summed E-state index contributed by atoms with van der Waals surface area (Å²) in [6.07, 6.45) is 1.07. The molecule has 0 unspecified atom stereocenters. The number of hydrogen-bond donors (Lipinski definition) is 1. The zero-order valence-corrected chi connectivity index (χ0v) is 13.3. The first-order valence-electron chi connectivity index (χ1n) is 6.14. The van der Waals surface area contributed by atoms with Crippen molar-refractivity contribution in [2.45, 2.75) is 26.9 Å². The molecule has 0 saturated carbocycles. The molecule has 0 radical (unpaired) electrons. The van der Waals surface area contributed by atoms with Gasteiger partial charge in [-0.05, 0) is 47.0 Å². The van der Waals surface area contributed by atoms with Gasteiger partial charge in [0.05, 0.1) is 4.47 Å². The van der Waals surface area contributed by atoms with Crippen LogP contribution in [-0.4, -0.2) is 16.7 Å². The molecule has 1 heterocycles. The van der Waals surface area contributed by atoms with Crippen molar-refractivity contribution in [1.82, 2.24) is 10.2 Å². The number of aryl methyl sites for hydroxylation is 1. The van der Waals surface area contributed by atoms with Gasteiger partial charge in [0.2, 0.25) is 5.13 Å². The molecular weight excluding hydrogens is 326 g/mol. The Bertz CT molecular complexity index is 544. The number of ether oxygens (including phenoxy) is 1. The average Bonchev–Trinajstić information content (AvgIpc) is 2.83. The summed E-state index contributed by atoms with van der Waals surface area (Å²) in [6, 6.07) is 6.01. The SMILES string of the molecule is CCCNc1nnc(COc2ccc(C)cc2Br)s1. The van der Waals surface area contributed by atoms with Gasteiger partial charge in [0.15, 0.2) is 5.01 Å². The normalized spacial score (nSPS) is 10.5. The molecule has 2 rings (SSSR count). The van der Waals surface area contributed by atoms with E-state index in [1.165, 1.54) is 16.9 Å². The van der Waals surface area contributed by atoms with Gasteiger partial charge in [-0.2, -0.15) is 0 Å². The van der Waals surface area contributed by atoms with Crippen molar-refractivity contribution in [3.05, 3.63) is 33.2 Å². The predicted octanol–water partition coefficient (Wildman–Crippen LogP) is 4.01. The van der Waals surface area contributed by atoms with E-state index in [1.54, 1.807) is 0 Å². The number of nitrogens with zero attached hydrogens (tertiary/aromatic N) is 2. The maximum Gasteiger partial charge on any atom is 0.205 e. The van der Waals surface area contributed by atoms with Crippen LogP contribution in [-0.2, 0) is 6.61 Å². The molecule has 2 aromatic rings. The summed E-state index contributed by atoms with van der Waals surface area (Å²) in [4.78, 5) is 0. The van der Waals surface area contributed by atoms with E-state index in [1.807, 2.05) is 25.1 Å². The number of halogens is 1. The van der Waals surface area contributed by atoms with Crippen LogP contribution in [0.15, 0.2) is 22.7 Å². The Balaban J connectivity index is 1.92. The van der Waals surface area contributed by atoms with Gasteiger partial charge in [-0.15, -0.1) is 10.2 Å². The molecule has 6 heteroatoms. The molecule has 1 aromatic carbocycles. The summed E-state index contributed by atoms with van der Waals surface area (Å²) in [5.41, 5.74) is 1.20. The summed E-state index contributed by atoms with van der Waals surface area (Å²) < 4.78 is 6.69. The number of benzene rings is 1. The second-order valence-corrected chi connectivity index (χ2v) is 6.07. The summed E-state index contributed by atoms with van der Waals surface area (Å²) in [5, 5.41) is 13.1.